The van der Waals surface area contributed by atoms with Crippen LogP contribution in [0.5, 0.6) is 0 Å². The van der Waals surface area contributed by atoms with Gasteiger partial charge in [0.1, 0.15) is 16.1 Å². The minimum Gasteiger partial charge on any atom is -0.331 e. The molecule has 0 unspecified atom stereocenters. The van der Waals surface area contributed by atoms with E-state index in [2.05, 4.69) is 10.1 Å². The molecule has 2 heterocycles. The third-order valence-electron chi connectivity index (χ3n) is 4.50. The molecule has 0 saturated carbocycles. The summed E-state index contributed by atoms with van der Waals surface area (Å²) in [5.41, 5.74) is 3.75. The lowest BCUT2D eigenvalue weighted by Gasteiger charge is -2.21. The highest BCUT2D eigenvalue weighted by Crippen LogP contribution is 2.19. The lowest BCUT2D eigenvalue weighted by molar-refractivity contribution is -0.486. The molecule has 0 bridgehead atoms. The zero-order chi connectivity index (χ0) is 19.6. The average Bonchev–Trinajstić information content (AvgIpc) is 3.00. The Kier molecular flexibility index (Phi) is 5.36. The summed E-state index contributed by atoms with van der Waals surface area (Å²) in [4.78, 5) is 18.4. The Morgan fingerprint density at radius 1 is 1.30 bits per heavy atom. The number of hydrogen-bond donors (Lipinski definition) is 1. The van der Waals surface area contributed by atoms with Crippen molar-refractivity contribution >= 4 is 23.4 Å². The van der Waals surface area contributed by atoms with E-state index in [1.165, 1.54) is 0 Å². The van der Waals surface area contributed by atoms with E-state index in [0.717, 1.165) is 16.7 Å². The Morgan fingerprint density at radius 3 is 2.70 bits per heavy atom. The molecule has 1 aromatic carbocycles. The van der Waals surface area contributed by atoms with E-state index in [9.17, 15) is 10.1 Å². The first kappa shape index (κ1) is 18.8. The van der Waals surface area contributed by atoms with Crippen molar-refractivity contribution in [2.75, 3.05) is 13.1 Å². The molecule has 8 nitrogen and oxygen atoms in total. The maximum absolute atomic E-state index is 11.1. The second-order valence-corrected chi connectivity index (χ2v) is 6.74. The molecule has 0 amide bonds. The number of nitro groups is 1. The van der Waals surface area contributed by atoms with E-state index < -0.39 is 5.03 Å². The molecule has 1 aliphatic rings. The van der Waals surface area contributed by atoms with Crippen molar-refractivity contribution in [1.82, 2.24) is 14.8 Å². The zero-order valence-electron chi connectivity index (χ0n) is 15.0. The molecule has 0 spiro atoms. The Bertz CT molecular complexity index is 913. The first-order chi connectivity index (χ1) is 12.8. The number of pyridine rings is 1. The molecule has 9 heteroatoms. The van der Waals surface area contributed by atoms with Gasteiger partial charge in [0.2, 0.25) is 0 Å². The van der Waals surface area contributed by atoms with Crippen LogP contribution < -0.4 is 0 Å². The Balaban J connectivity index is 1.86. The molecule has 0 atom stereocenters. The molecule has 1 aliphatic heterocycles. The highest BCUT2D eigenvalue weighted by atomic mass is 35.5. The third-order valence-corrected chi connectivity index (χ3v) is 4.72. The van der Waals surface area contributed by atoms with Gasteiger partial charge in [0.05, 0.1) is 0 Å². The molecule has 1 aromatic heterocycles. The molecule has 3 rings (SSSR count). The number of aryl methyl sites for hydroxylation is 2. The molecule has 27 heavy (non-hydrogen) atoms. The van der Waals surface area contributed by atoms with Crippen molar-refractivity contribution in [2.24, 2.45) is 5.10 Å². The maximum Gasteiger partial charge on any atom is 0.280 e. The first-order valence-electron chi connectivity index (χ1n) is 8.37. The topological polar surface area (TPSA) is 98.7 Å². The van der Waals surface area contributed by atoms with Crippen LogP contribution >= 0.6 is 11.6 Å². The number of hydrogen-bond acceptors (Lipinski definition) is 4. The largest absolute Gasteiger partial charge is 0.331 e. The smallest absolute Gasteiger partial charge is 0.280 e. The summed E-state index contributed by atoms with van der Waals surface area (Å²) in [6.07, 6.45) is 1.63. The lowest BCUT2D eigenvalue weighted by Crippen LogP contribution is -2.38. The fourth-order valence-electron chi connectivity index (χ4n) is 2.91. The number of halogens is 1. The van der Waals surface area contributed by atoms with Crippen LogP contribution in [0.25, 0.3) is 0 Å². The summed E-state index contributed by atoms with van der Waals surface area (Å²) < 4.78 is 0. The normalized spacial score (nSPS) is 15.4. The van der Waals surface area contributed by atoms with Gasteiger partial charge in [-0.2, -0.15) is 0 Å². The van der Waals surface area contributed by atoms with Crippen LogP contribution in [0.15, 0.2) is 41.6 Å². The van der Waals surface area contributed by atoms with Gasteiger partial charge in [-0.25, -0.2) is 15.1 Å². The van der Waals surface area contributed by atoms with Gasteiger partial charge in [-0.3, -0.25) is 10.3 Å². The van der Waals surface area contributed by atoms with Crippen LogP contribution in [0, 0.1) is 29.4 Å². The van der Waals surface area contributed by atoms with E-state index in [4.69, 9.17) is 17.0 Å². The number of guanidine groups is 1. The highest BCUT2D eigenvalue weighted by molar-refractivity contribution is 6.29. The van der Waals surface area contributed by atoms with E-state index in [0.29, 0.717) is 30.4 Å². The quantitative estimate of drug-likeness (QED) is 0.286. The van der Waals surface area contributed by atoms with E-state index in [-0.39, 0.29) is 11.8 Å². The Hall–Kier alpha value is -3.00. The summed E-state index contributed by atoms with van der Waals surface area (Å²) in [5.74, 6) is 0.341. The second kappa shape index (κ2) is 7.71. The van der Waals surface area contributed by atoms with Crippen molar-refractivity contribution in [1.29, 1.82) is 5.41 Å². The fraction of sp³-hybridized carbons (Fsp3) is 0.278. The van der Waals surface area contributed by atoms with E-state index >= 15 is 0 Å². The summed E-state index contributed by atoms with van der Waals surface area (Å²) in [6.45, 7) is 5.33. The molecule has 2 aromatic rings. The van der Waals surface area contributed by atoms with Crippen molar-refractivity contribution < 1.29 is 5.03 Å². The molecule has 140 valence electrons. The average molecular weight is 387 g/mol. The third kappa shape index (κ3) is 4.22. The first-order valence-corrected chi connectivity index (χ1v) is 8.75. The molecule has 1 saturated heterocycles. The van der Waals surface area contributed by atoms with Gasteiger partial charge in [0.25, 0.3) is 5.96 Å². The van der Waals surface area contributed by atoms with Gasteiger partial charge in [-0.05, 0) is 42.7 Å². The SMILES string of the molecule is Cc1ccc(C(=N)N2CCN(Cc3ccc(Cl)nc3)/C2=N/[N+](=O)[O-])cc1C. The van der Waals surface area contributed by atoms with Crippen molar-refractivity contribution in [3.05, 3.63) is 74.0 Å². The summed E-state index contributed by atoms with van der Waals surface area (Å²) in [6, 6.07) is 9.19. The second-order valence-electron chi connectivity index (χ2n) is 6.35. The van der Waals surface area contributed by atoms with Gasteiger partial charge in [-0.15, -0.1) is 0 Å². The summed E-state index contributed by atoms with van der Waals surface area (Å²) in [5, 5.41) is 22.8. The number of aromatic nitrogens is 1. The van der Waals surface area contributed by atoms with Crippen LogP contribution in [0.2, 0.25) is 5.15 Å². The van der Waals surface area contributed by atoms with Gasteiger partial charge in [-0.1, -0.05) is 29.8 Å². The monoisotopic (exact) mass is 386 g/mol. The summed E-state index contributed by atoms with van der Waals surface area (Å²) >= 11 is 5.81. The molecular weight excluding hydrogens is 368 g/mol. The predicted molar refractivity (Wildman–Crippen MR) is 104 cm³/mol. The Morgan fingerprint density at radius 2 is 2.07 bits per heavy atom. The lowest BCUT2D eigenvalue weighted by atomic mass is 10.1. The molecule has 1 fully saturated rings. The maximum atomic E-state index is 11.1. The van der Waals surface area contributed by atoms with E-state index in [1.807, 2.05) is 38.1 Å². The molecule has 1 N–H and O–H groups in total. The molecule has 0 radical (unpaired) electrons. The van der Waals surface area contributed by atoms with Gasteiger partial charge < -0.3 is 4.90 Å². The van der Waals surface area contributed by atoms with Gasteiger partial charge in [0.15, 0.2) is 5.03 Å². The number of nitrogens with zero attached hydrogens (tertiary/aromatic N) is 5. The summed E-state index contributed by atoms with van der Waals surface area (Å²) in [7, 11) is 0. The minimum atomic E-state index is -0.728. The van der Waals surface area contributed by atoms with Crippen molar-refractivity contribution in [3.63, 3.8) is 0 Å². The fourth-order valence-corrected chi connectivity index (χ4v) is 3.02. The highest BCUT2D eigenvalue weighted by Gasteiger charge is 2.33. The van der Waals surface area contributed by atoms with Crippen LogP contribution in [0.1, 0.15) is 22.3 Å². The van der Waals surface area contributed by atoms with Crippen LogP contribution in [-0.4, -0.2) is 44.7 Å². The predicted octanol–water partition coefficient (Wildman–Crippen LogP) is 3.04. The number of hydrazone groups is 1. The Labute approximate surface area is 161 Å². The molecule has 0 aliphatic carbocycles. The minimum absolute atomic E-state index is 0.151. The number of benzene rings is 1. The number of nitrogens with one attached hydrogen (secondary N) is 1. The van der Waals surface area contributed by atoms with E-state index in [1.54, 1.807) is 22.1 Å². The number of rotatable bonds is 4. The van der Waals surface area contributed by atoms with Crippen molar-refractivity contribution in [2.45, 2.75) is 20.4 Å². The van der Waals surface area contributed by atoms with Crippen LogP contribution in [-0.2, 0) is 6.54 Å². The number of amidine groups is 1. The van der Waals surface area contributed by atoms with Crippen molar-refractivity contribution in [3.8, 4) is 0 Å². The zero-order valence-corrected chi connectivity index (χ0v) is 15.8. The standard InChI is InChI=1S/C18H19ClN6O2/c1-12-3-5-15(9-13(12)2)17(20)24-8-7-23(18(24)22-25(26)27)11-14-4-6-16(19)21-10-14/h3-6,9-10,20H,7-8,11H2,1-2H3/b20-17?,22-18-. The van der Waals surface area contributed by atoms with Crippen LogP contribution in [0.4, 0.5) is 0 Å². The van der Waals surface area contributed by atoms with Gasteiger partial charge in [0, 0.05) is 31.4 Å². The van der Waals surface area contributed by atoms with Gasteiger partial charge >= 0.3 is 0 Å². The molecular formula is C18H19ClN6O2. The van der Waals surface area contributed by atoms with Crippen LogP contribution in [0.3, 0.4) is 0 Å².